The van der Waals surface area contributed by atoms with Crippen LogP contribution in [0.25, 0.3) is 0 Å². The third kappa shape index (κ3) is 5.09. The molecule has 0 heterocycles. The van der Waals surface area contributed by atoms with Crippen molar-refractivity contribution in [3.05, 3.63) is 35.5 Å². The predicted octanol–water partition coefficient (Wildman–Crippen LogP) is 7.72. The zero-order valence-corrected chi connectivity index (χ0v) is 20.0. The van der Waals surface area contributed by atoms with Crippen LogP contribution in [-0.4, -0.2) is 11.2 Å². The van der Waals surface area contributed by atoms with E-state index in [-0.39, 0.29) is 6.10 Å². The molecule has 0 aromatic rings. The number of aliphatic hydroxyl groups excluding tert-OH is 1. The van der Waals surface area contributed by atoms with Crippen molar-refractivity contribution in [2.24, 2.45) is 40.9 Å². The molecule has 1 heteroatoms. The van der Waals surface area contributed by atoms with Crippen molar-refractivity contribution in [1.82, 2.24) is 0 Å². The Morgan fingerprint density at radius 1 is 0.966 bits per heavy atom. The van der Waals surface area contributed by atoms with E-state index in [1.807, 2.05) is 0 Å². The van der Waals surface area contributed by atoms with E-state index in [1.165, 1.54) is 37.7 Å². The lowest BCUT2D eigenvalue weighted by Crippen LogP contribution is -2.35. The summed E-state index contributed by atoms with van der Waals surface area (Å²) in [4.78, 5) is 0. The monoisotopic (exact) mass is 398 g/mol. The van der Waals surface area contributed by atoms with E-state index >= 15 is 0 Å². The van der Waals surface area contributed by atoms with Crippen LogP contribution in [0.3, 0.4) is 0 Å². The first kappa shape index (κ1) is 22.9. The number of rotatable bonds is 5. The smallest absolute Gasteiger partial charge is 0.0577 e. The van der Waals surface area contributed by atoms with E-state index in [9.17, 15) is 5.11 Å². The molecular weight excluding hydrogens is 352 g/mol. The summed E-state index contributed by atoms with van der Waals surface area (Å²) in [5.41, 5.74) is 3.63. The van der Waals surface area contributed by atoms with Gasteiger partial charge >= 0.3 is 0 Å². The normalized spacial score (nSPS) is 40.7. The minimum Gasteiger partial charge on any atom is -0.393 e. The zero-order valence-electron chi connectivity index (χ0n) is 20.0. The predicted molar refractivity (Wildman–Crippen MR) is 126 cm³/mol. The van der Waals surface area contributed by atoms with Gasteiger partial charge in [0.2, 0.25) is 0 Å². The quantitative estimate of drug-likeness (QED) is 0.470. The molecule has 1 nitrogen and oxygen atoms in total. The third-order valence-electron chi connectivity index (χ3n) is 8.99. The largest absolute Gasteiger partial charge is 0.393 e. The topological polar surface area (TPSA) is 20.2 Å². The Balaban J connectivity index is 1.74. The van der Waals surface area contributed by atoms with Gasteiger partial charge in [-0.25, -0.2) is 0 Å². The average molecular weight is 399 g/mol. The van der Waals surface area contributed by atoms with Crippen molar-refractivity contribution in [2.45, 2.75) is 99.0 Å². The maximum absolute atomic E-state index is 10.1. The molecule has 3 saturated carbocycles. The first-order chi connectivity index (χ1) is 13.7. The van der Waals surface area contributed by atoms with Crippen molar-refractivity contribution < 1.29 is 5.11 Å². The van der Waals surface area contributed by atoms with Gasteiger partial charge in [-0.2, -0.15) is 0 Å². The summed E-state index contributed by atoms with van der Waals surface area (Å²) in [6.45, 7) is 14.4. The maximum Gasteiger partial charge on any atom is 0.0577 e. The Labute approximate surface area is 180 Å². The highest BCUT2D eigenvalue weighted by atomic mass is 16.3. The fourth-order valence-electron chi connectivity index (χ4n) is 6.50. The van der Waals surface area contributed by atoms with Gasteiger partial charge in [0.05, 0.1) is 6.10 Å². The van der Waals surface area contributed by atoms with Crippen molar-refractivity contribution in [2.75, 3.05) is 0 Å². The maximum atomic E-state index is 10.1. The summed E-state index contributed by atoms with van der Waals surface area (Å²) in [7, 11) is 0. The summed E-state index contributed by atoms with van der Waals surface area (Å²) in [6, 6.07) is 0. The lowest BCUT2D eigenvalue weighted by molar-refractivity contribution is 0.112. The van der Waals surface area contributed by atoms with Gasteiger partial charge in [0.15, 0.2) is 0 Å². The zero-order chi connectivity index (χ0) is 21.2. The van der Waals surface area contributed by atoms with E-state index in [0.29, 0.717) is 23.2 Å². The van der Waals surface area contributed by atoms with Crippen LogP contribution in [0.5, 0.6) is 0 Å². The van der Waals surface area contributed by atoms with Crippen molar-refractivity contribution >= 4 is 0 Å². The molecule has 0 aromatic carbocycles. The molecule has 164 valence electrons. The Hall–Kier alpha value is -0.820. The van der Waals surface area contributed by atoms with Gasteiger partial charge in [-0.3, -0.25) is 0 Å². The Bertz CT molecular complexity index is 639. The highest BCUT2D eigenvalue weighted by molar-refractivity contribution is 5.27. The first-order valence-electron chi connectivity index (χ1n) is 12.5. The number of allylic oxidation sites excluding steroid dienone is 5. The first-order valence-corrected chi connectivity index (χ1v) is 12.5. The van der Waals surface area contributed by atoms with E-state index in [1.54, 1.807) is 5.57 Å². The fraction of sp³-hybridized carbons (Fsp3) is 0.786. The molecule has 0 radical (unpaired) electrons. The molecule has 3 aliphatic carbocycles. The summed E-state index contributed by atoms with van der Waals surface area (Å²) >= 11 is 0. The minimum atomic E-state index is -0.121. The highest BCUT2D eigenvalue weighted by Crippen LogP contribution is 2.59. The van der Waals surface area contributed by atoms with Gasteiger partial charge < -0.3 is 5.11 Å². The molecule has 29 heavy (non-hydrogen) atoms. The van der Waals surface area contributed by atoms with Gasteiger partial charge in [-0.1, -0.05) is 77.0 Å². The Kier molecular flexibility index (Phi) is 7.52. The lowest BCUT2D eigenvalue weighted by atomic mass is 9.61. The van der Waals surface area contributed by atoms with Crippen LogP contribution in [0.15, 0.2) is 35.5 Å². The fourth-order valence-corrected chi connectivity index (χ4v) is 6.50. The second-order valence-corrected chi connectivity index (χ2v) is 11.3. The summed E-state index contributed by atoms with van der Waals surface area (Å²) < 4.78 is 0. The van der Waals surface area contributed by atoms with Gasteiger partial charge in [-0.05, 0) is 92.3 Å². The second-order valence-electron chi connectivity index (χ2n) is 11.3. The van der Waals surface area contributed by atoms with E-state index in [2.05, 4.69) is 65.8 Å². The lowest BCUT2D eigenvalue weighted by Gasteiger charge is -2.44. The van der Waals surface area contributed by atoms with Crippen LogP contribution in [-0.2, 0) is 0 Å². The van der Waals surface area contributed by atoms with E-state index < -0.39 is 0 Å². The number of aliphatic hydroxyl groups is 1. The highest BCUT2D eigenvalue weighted by Gasteiger charge is 2.50. The molecule has 3 aliphatic rings. The molecule has 0 bridgehead atoms. The molecule has 7 unspecified atom stereocenters. The minimum absolute atomic E-state index is 0.121. The Morgan fingerprint density at radius 2 is 1.69 bits per heavy atom. The molecule has 0 aliphatic heterocycles. The molecule has 0 spiro atoms. The van der Waals surface area contributed by atoms with Gasteiger partial charge in [0.1, 0.15) is 0 Å². The van der Waals surface area contributed by atoms with Crippen LogP contribution in [0.1, 0.15) is 92.9 Å². The second kappa shape index (κ2) is 9.54. The average Bonchev–Trinajstić information content (AvgIpc) is 3.04. The van der Waals surface area contributed by atoms with Crippen molar-refractivity contribution in [3.63, 3.8) is 0 Å². The van der Waals surface area contributed by atoms with E-state index in [4.69, 9.17) is 0 Å². The molecule has 3 rings (SSSR count). The third-order valence-corrected chi connectivity index (χ3v) is 8.99. The molecule has 7 atom stereocenters. The van der Waals surface area contributed by atoms with Crippen LogP contribution >= 0.6 is 0 Å². The number of fused-ring (bicyclic) bond motifs is 1. The summed E-state index contributed by atoms with van der Waals surface area (Å²) in [6.07, 6.45) is 19.5. The van der Waals surface area contributed by atoms with Crippen LogP contribution < -0.4 is 0 Å². The SMILES string of the molecule is CC1CCC(O)C/C1=C/C=C1/CCCC2(C)C1CCC2C(C)/C=C/C(C)C(C)C. The standard InChI is InChI=1S/C28H46O/c1-19(2)20(3)9-10-22(5)26-15-16-27-23(8-7-17-28(26,27)6)12-13-24-18-25(29)14-11-21(24)4/h9-10,12-13,19-22,25-27,29H,7-8,11,14-18H2,1-6H3/b10-9+,23-12-,24-13-. The van der Waals surface area contributed by atoms with E-state index in [0.717, 1.165) is 37.0 Å². The van der Waals surface area contributed by atoms with Gasteiger partial charge in [0.25, 0.3) is 0 Å². The van der Waals surface area contributed by atoms with Crippen LogP contribution in [0, 0.1) is 40.9 Å². The molecular formula is C28H46O. The van der Waals surface area contributed by atoms with Crippen molar-refractivity contribution in [1.29, 1.82) is 0 Å². The number of hydrogen-bond acceptors (Lipinski definition) is 1. The molecule has 0 saturated heterocycles. The summed E-state index contributed by atoms with van der Waals surface area (Å²) in [5, 5.41) is 10.1. The molecule has 1 N–H and O–H groups in total. The molecule has 0 amide bonds. The van der Waals surface area contributed by atoms with Gasteiger partial charge in [-0.15, -0.1) is 0 Å². The Morgan fingerprint density at radius 3 is 2.41 bits per heavy atom. The molecule has 3 fully saturated rings. The van der Waals surface area contributed by atoms with Crippen LogP contribution in [0.4, 0.5) is 0 Å². The molecule has 0 aromatic heterocycles. The van der Waals surface area contributed by atoms with Crippen molar-refractivity contribution in [3.8, 4) is 0 Å². The van der Waals surface area contributed by atoms with Gasteiger partial charge in [0, 0.05) is 0 Å². The summed E-state index contributed by atoms with van der Waals surface area (Å²) in [5.74, 6) is 4.29. The van der Waals surface area contributed by atoms with Crippen LogP contribution in [0.2, 0.25) is 0 Å². The number of hydrogen-bond donors (Lipinski definition) is 1.